The minimum Gasteiger partial charge on any atom is -0.313 e. The molecule has 18 heavy (non-hydrogen) atoms. The molecule has 0 radical (unpaired) electrons. The molecule has 1 aliphatic carbocycles. The fourth-order valence-corrected chi connectivity index (χ4v) is 2.56. The van der Waals surface area contributed by atoms with E-state index in [1.807, 2.05) is 7.05 Å². The molecule has 1 aromatic rings. The van der Waals surface area contributed by atoms with Gasteiger partial charge in [-0.05, 0) is 42.5 Å². The van der Waals surface area contributed by atoms with Crippen molar-refractivity contribution in [3.63, 3.8) is 0 Å². The highest BCUT2D eigenvalue weighted by molar-refractivity contribution is 5.28. The van der Waals surface area contributed by atoms with Crippen molar-refractivity contribution in [1.29, 1.82) is 0 Å². The molecule has 2 rings (SSSR count). The number of hydrogen-bond acceptors (Lipinski definition) is 1. The highest BCUT2D eigenvalue weighted by Gasteiger charge is 2.50. The minimum absolute atomic E-state index is 0.141. The molecule has 1 N–H and O–H groups in total. The summed E-state index contributed by atoms with van der Waals surface area (Å²) in [7, 11) is 1.86. The maximum atomic E-state index is 12.5. The van der Waals surface area contributed by atoms with E-state index in [0.717, 1.165) is 24.1 Å². The highest BCUT2D eigenvalue weighted by atomic mass is 19.4. The van der Waals surface area contributed by atoms with Crippen LogP contribution < -0.4 is 5.32 Å². The summed E-state index contributed by atoms with van der Waals surface area (Å²) < 4.78 is 37.4. The van der Waals surface area contributed by atoms with Crippen molar-refractivity contribution in [2.24, 2.45) is 11.3 Å². The molecule has 0 heterocycles. The van der Waals surface area contributed by atoms with E-state index in [9.17, 15) is 13.2 Å². The Bertz CT molecular complexity index is 420. The number of nitrogens with one attached hydrogen (secondary N) is 1. The lowest BCUT2D eigenvalue weighted by Gasteiger charge is -2.19. The van der Waals surface area contributed by atoms with Gasteiger partial charge in [-0.15, -0.1) is 0 Å². The van der Waals surface area contributed by atoms with Gasteiger partial charge in [-0.1, -0.05) is 26.0 Å². The van der Waals surface area contributed by atoms with Crippen LogP contribution in [0.2, 0.25) is 0 Å². The van der Waals surface area contributed by atoms with E-state index >= 15 is 0 Å². The largest absolute Gasteiger partial charge is 0.416 e. The molecule has 0 aromatic heterocycles. The van der Waals surface area contributed by atoms with E-state index in [-0.39, 0.29) is 11.5 Å². The molecule has 1 aliphatic rings. The molecular formula is C14H18F3N. The van der Waals surface area contributed by atoms with E-state index in [4.69, 9.17) is 0 Å². The number of hydrogen-bond donors (Lipinski definition) is 1. The van der Waals surface area contributed by atoms with Crippen LogP contribution in [0.3, 0.4) is 0 Å². The lowest BCUT2D eigenvalue weighted by atomic mass is 9.96. The van der Waals surface area contributed by atoms with Gasteiger partial charge in [0.2, 0.25) is 0 Å². The van der Waals surface area contributed by atoms with Crippen LogP contribution in [-0.2, 0) is 6.18 Å². The van der Waals surface area contributed by atoms with Crippen molar-refractivity contribution >= 4 is 0 Å². The maximum Gasteiger partial charge on any atom is 0.416 e. The Morgan fingerprint density at radius 1 is 1.22 bits per heavy atom. The first-order valence-corrected chi connectivity index (χ1v) is 6.10. The maximum absolute atomic E-state index is 12.5. The van der Waals surface area contributed by atoms with E-state index in [1.165, 1.54) is 0 Å². The number of benzene rings is 1. The molecule has 0 amide bonds. The summed E-state index contributed by atoms with van der Waals surface area (Å²) in [5.74, 6) is 0.499. The quantitative estimate of drug-likeness (QED) is 0.862. The molecule has 1 fully saturated rings. The van der Waals surface area contributed by atoms with Crippen molar-refractivity contribution in [1.82, 2.24) is 5.32 Å². The monoisotopic (exact) mass is 257 g/mol. The third-order valence-corrected chi connectivity index (χ3v) is 3.90. The molecule has 2 atom stereocenters. The topological polar surface area (TPSA) is 12.0 Å². The predicted octanol–water partition coefficient (Wildman–Crippen LogP) is 4.01. The second-order valence-corrected chi connectivity index (χ2v) is 5.69. The average molecular weight is 257 g/mol. The van der Waals surface area contributed by atoms with E-state index < -0.39 is 11.7 Å². The third kappa shape index (κ3) is 2.53. The van der Waals surface area contributed by atoms with Gasteiger partial charge >= 0.3 is 6.18 Å². The molecule has 0 aliphatic heterocycles. The molecule has 2 unspecified atom stereocenters. The third-order valence-electron chi connectivity index (χ3n) is 3.90. The van der Waals surface area contributed by atoms with Crippen LogP contribution in [0.1, 0.15) is 37.4 Å². The zero-order chi connectivity index (χ0) is 13.6. The van der Waals surface area contributed by atoms with Crippen LogP contribution in [0.5, 0.6) is 0 Å². The predicted molar refractivity (Wildman–Crippen MR) is 65.1 cm³/mol. The van der Waals surface area contributed by atoms with Gasteiger partial charge in [0.15, 0.2) is 0 Å². The summed E-state index contributed by atoms with van der Waals surface area (Å²) in [5, 5.41) is 3.21. The second kappa shape index (κ2) is 4.26. The van der Waals surface area contributed by atoms with Crippen LogP contribution in [0.25, 0.3) is 0 Å². The van der Waals surface area contributed by atoms with E-state index in [2.05, 4.69) is 19.2 Å². The summed E-state index contributed by atoms with van der Waals surface area (Å²) in [4.78, 5) is 0. The Hall–Kier alpha value is -1.03. The van der Waals surface area contributed by atoms with Crippen molar-refractivity contribution < 1.29 is 13.2 Å². The van der Waals surface area contributed by atoms with Crippen LogP contribution in [-0.4, -0.2) is 7.05 Å². The lowest BCUT2D eigenvalue weighted by molar-refractivity contribution is -0.137. The Morgan fingerprint density at radius 2 is 1.72 bits per heavy atom. The summed E-state index contributed by atoms with van der Waals surface area (Å²) in [5.41, 5.74) is 0.633. The SMILES string of the molecule is CNC(c1ccc(C(F)(F)F)cc1)C1CC1(C)C. The fourth-order valence-electron chi connectivity index (χ4n) is 2.56. The van der Waals surface area contributed by atoms with Crippen molar-refractivity contribution in [2.75, 3.05) is 7.05 Å². The summed E-state index contributed by atoms with van der Waals surface area (Å²) >= 11 is 0. The van der Waals surface area contributed by atoms with Gasteiger partial charge in [0, 0.05) is 6.04 Å². The van der Waals surface area contributed by atoms with Gasteiger partial charge in [0.1, 0.15) is 0 Å². The first-order valence-electron chi connectivity index (χ1n) is 6.10. The zero-order valence-corrected chi connectivity index (χ0v) is 10.8. The molecule has 100 valence electrons. The van der Waals surface area contributed by atoms with E-state index in [0.29, 0.717) is 5.92 Å². The fraction of sp³-hybridized carbons (Fsp3) is 0.571. The van der Waals surface area contributed by atoms with Crippen molar-refractivity contribution in [3.8, 4) is 0 Å². The molecule has 1 saturated carbocycles. The minimum atomic E-state index is -4.26. The molecule has 4 heteroatoms. The second-order valence-electron chi connectivity index (χ2n) is 5.69. The van der Waals surface area contributed by atoms with Gasteiger partial charge in [-0.2, -0.15) is 13.2 Å². The molecule has 0 saturated heterocycles. The standard InChI is InChI=1S/C14H18F3N/c1-13(2)8-11(13)12(18-3)9-4-6-10(7-5-9)14(15,16)17/h4-7,11-12,18H,8H2,1-3H3. The summed E-state index contributed by atoms with van der Waals surface area (Å²) in [6, 6.07) is 5.63. The number of alkyl halides is 3. The highest BCUT2D eigenvalue weighted by Crippen LogP contribution is 2.57. The van der Waals surface area contributed by atoms with Gasteiger partial charge in [-0.3, -0.25) is 0 Å². The van der Waals surface area contributed by atoms with Gasteiger partial charge in [0.25, 0.3) is 0 Å². The molecule has 0 bridgehead atoms. The Balaban J connectivity index is 2.18. The van der Waals surface area contributed by atoms with Gasteiger partial charge in [-0.25, -0.2) is 0 Å². The zero-order valence-electron chi connectivity index (χ0n) is 10.8. The Kier molecular flexibility index (Phi) is 3.18. The normalized spacial score (nSPS) is 23.8. The number of halogens is 3. The van der Waals surface area contributed by atoms with Crippen LogP contribution in [0.15, 0.2) is 24.3 Å². The van der Waals surface area contributed by atoms with Crippen LogP contribution in [0.4, 0.5) is 13.2 Å². The van der Waals surface area contributed by atoms with Gasteiger partial charge < -0.3 is 5.32 Å². The molecular weight excluding hydrogens is 239 g/mol. The Labute approximate surface area is 105 Å². The van der Waals surface area contributed by atoms with E-state index in [1.54, 1.807) is 12.1 Å². The Morgan fingerprint density at radius 3 is 2.06 bits per heavy atom. The average Bonchev–Trinajstić information content (AvgIpc) is 2.88. The summed E-state index contributed by atoms with van der Waals surface area (Å²) in [6.45, 7) is 4.37. The number of rotatable bonds is 3. The van der Waals surface area contributed by atoms with Crippen molar-refractivity contribution in [2.45, 2.75) is 32.5 Å². The summed E-state index contributed by atoms with van der Waals surface area (Å²) in [6.07, 6.45) is -3.15. The van der Waals surface area contributed by atoms with Gasteiger partial charge in [0.05, 0.1) is 5.56 Å². The van der Waals surface area contributed by atoms with Crippen molar-refractivity contribution in [3.05, 3.63) is 35.4 Å². The molecule has 0 spiro atoms. The molecule has 1 nitrogen and oxygen atoms in total. The smallest absolute Gasteiger partial charge is 0.313 e. The van der Waals surface area contributed by atoms with Crippen LogP contribution >= 0.6 is 0 Å². The first-order chi connectivity index (χ1) is 8.25. The first kappa shape index (κ1) is 13.4. The lowest BCUT2D eigenvalue weighted by Crippen LogP contribution is -2.20. The van der Waals surface area contributed by atoms with Crippen LogP contribution in [0, 0.1) is 11.3 Å². The molecule has 1 aromatic carbocycles.